The highest BCUT2D eigenvalue weighted by atomic mass is 32.2. The molecule has 3 aliphatic rings. The Morgan fingerprint density at radius 2 is 2.00 bits per heavy atom. The second-order valence-corrected chi connectivity index (χ2v) is 9.67. The normalized spacial score (nSPS) is 24.7. The number of amides is 1. The Hall–Kier alpha value is -1.21. The molecule has 1 saturated heterocycles. The van der Waals surface area contributed by atoms with E-state index in [9.17, 15) is 18.0 Å². The minimum Gasteiger partial charge on any atom is -0.330 e. The molecule has 28 heavy (non-hydrogen) atoms. The van der Waals surface area contributed by atoms with Crippen LogP contribution in [-0.2, 0) is 17.8 Å². The van der Waals surface area contributed by atoms with Gasteiger partial charge in [-0.2, -0.15) is 13.2 Å². The molecular formula is C21H27F3N2OS. The fourth-order valence-electron chi connectivity index (χ4n) is 5.15. The molecule has 1 atom stereocenters. The van der Waals surface area contributed by atoms with Gasteiger partial charge in [0.05, 0.1) is 0 Å². The number of carbonyl (C=O) groups is 1. The summed E-state index contributed by atoms with van der Waals surface area (Å²) in [6.07, 6.45) is 3.35. The van der Waals surface area contributed by atoms with Gasteiger partial charge in [-0.25, -0.2) is 4.31 Å². The molecule has 1 amide bonds. The molecule has 0 radical (unpaired) electrons. The van der Waals surface area contributed by atoms with Gasteiger partial charge in [-0.05, 0) is 72.7 Å². The van der Waals surface area contributed by atoms with Gasteiger partial charge in [-0.15, -0.1) is 0 Å². The van der Waals surface area contributed by atoms with Crippen LogP contribution in [0.15, 0.2) is 23.1 Å². The average molecular weight is 413 g/mol. The fourth-order valence-corrected chi connectivity index (χ4v) is 6.45. The molecule has 4 rings (SSSR count). The Labute approximate surface area is 168 Å². The van der Waals surface area contributed by atoms with E-state index < -0.39 is 12.1 Å². The highest BCUT2D eigenvalue weighted by Crippen LogP contribution is 2.51. The molecule has 1 saturated carbocycles. The summed E-state index contributed by atoms with van der Waals surface area (Å²) in [7, 11) is 0. The van der Waals surface area contributed by atoms with Crippen molar-refractivity contribution >= 4 is 17.9 Å². The van der Waals surface area contributed by atoms with Crippen LogP contribution in [-0.4, -0.2) is 40.4 Å². The van der Waals surface area contributed by atoms with Gasteiger partial charge < -0.3 is 4.90 Å². The van der Waals surface area contributed by atoms with Crippen LogP contribution in [0.3, 0.4) is 0 Å². The van der Waals surface area contributed by atoms with E-state index in [0.717, 1.165) is 33.9 Å². The van der Waals surface area contributed by atoms with E-state index in [2.05, 4.69) is 17.3 Å². The molecule has 2 fully saturated rings. The fraction of sp³-hybridized carbons (Fsp3) is 0.667. The van der Waals surface area contributed by atoms with Crippen molar-refractivity contribution in [3.05, 3.63) is 29.3 Å². The van der Waals surface area contributed by atoms with Crippen molar-refractivity contribution < 1.29 is 18.0 Å². The molecular weight excluding hydrogens is 385 g/mol. The molecule has 2 aliphatic heterocycles. The summed E-state index contributed by atoms with van der Waals surface area (Å²) in [4.78, 5) is 13.6. The van der Waals surface area contributed by atoms with Gasteiger partial charge in [0.2, 0.25) is 0 Å². The maximum atomic E-state index is 12.8. The molecule has 1 unspecified atom stereocenters. The Bertz CT molecular complexity index is 746. The lowest BCUT2D eigenvalue weighted by molar-refractivity contribution is -0.186. The SMILES string of the molecule is CCC1CC2(CCCC2)CN1Sc1ccc2c(c1)CN(C(=O)C(F)(F)F)CC2. The van der Waals surface area contributed by atoms with Crippen molar-refractivity contribution in [3.63, 3.8) is 0 Å². The van der Waals surface area contributed by atoms with E-state index in [-0.39, 0.29) is 13.1 Å². The maximum Gasteiger partial charge on any atom is 0.471 e. The third-order valence-corrected chi connectivity index (χ3v) is 7.77. The van der Waals surface area contributed by atoms with Crippen LogP contribution in [0.25, 0.3) is 0 Å². The molecule has 1 aromatic rings. The van der Waals surface area contributed by atoms with E-state index in [0.29, 0.717) is 17.9 Å². The summed E-state index contributed by atoms with van der Waals surface area (Å²) < 4.78 is 40.8. The quantitative estimate of drug-likeness (QED) is 0.639. The van der Waals surface area contributed by atoms with Gasteiger partial charge in [0.1, 0.15) is 0 Å². The van der Waals surface area contributed by atoms with Gasteiger partial charge in [0.15, 0.2) is 0 Å². The first-order valence-corrected chi connectivity index (χ1v) is 11.0. The number of hydrogen-bond acceptors (Lipinski definition) is 3. The van der Waals surface area contributed by atoms with Crippen molar-refractivity contribution in [1.82, 2.24) is 9.21 Å². The molecule has 7 heteroatoms. The van der Waals surface area contributed by atoms with Crippen LogP contribution in [0.2, 0.25) is 0 Å². The maximum absolute atomic E-state index is 12.8. The van der Waals surface area contributed by atoms with Gasteiger partial charge in [0, 0.05) is 30.6 Å². The molecule has 3 nitrogen and oxygen atoms in total. The first kappa shape index (κ1) is 20.1. The number of rotatable bonds is 3. The first-order chi connectivity index (χ1) is 13.3. The second kappa shape index (κ2) is 7.56. The van der Waals surface area contributed by atoms with E-state index in [1.807, 2.05) is 12.1 Å². The van der Waals surface area contributed by atoms with Crippen molar-refractivity contribution in [2.45, 2.75) is 75.5 Å². The van der Waals surface area contributed by atoms with Crippen molar-refractivity contribution in [2.24, 2.45) is 5.41 Å². The largest absolute Gasteiger partial charge is 0.471 e. The minimum absolute atomic E-state index is 0.0449. The van der Waals surface area contributed by atoms with Gasteiger partial charge in [0.25, 0.3) is 0 Å². The van der Waals surface area contributed by atoms with Crippen molar-refractivity contribution in [3.8, 4) is 0 Å². The molecule has 1 aromatic carbocycles. The van der Waals surface area contributed by atoms with Crippen LogP contribution in [0.1, 0.15) is 56.6 Å². The summed E-state index contributed by atoms with van der Waals surface area (Å²) in [6.45, 7) is 3.51. The Morgan fingerprint density at radius 1 is 1.25 bits per heavy atom. The molecule has 1 aliphatic carbocycles. The summed E-state index contributed by atoms with van der Waals surface area (Å²) in [5.74, 6) is -1.73. The molecule has 0 bridgehead atoms. The van der Waals surface area contributed by atoms with E-state index in [1.165, 1.54) is 32.1 Å². The van der Waals surface area contributed by atoms with Crippen LogP contribution in [0, 0.1) is 5.41 Å². The van der Waals surface area contributed by atoms with Gasteiger partial charge in [-0.3, -0.25) is 4.79 Å². The number of fused-ring (bicyclic) bond motifs is 1. The molecule has 0 aromatic heterocycles. The summed E-state index contributed by atoms with van der Waals surface area (Å²) in [5.41, 5.74) is 2.37. The Balaban J connectivity index is 1.48. The first-order valence-electron chi connectivity index (χ1n) is 10.2. The van der Waals surface area contributed by atoms with Gasteiger partial charge in [-0.1, -0.05) is 25.8 Å². The zero-order valence-corrected chi connectivity index (χ0v) is 17.0. The number of hydrogen-bond donors (Lipinski definition) is 0. The Morgan fingerprint density at radius 3 is 2.68 bits per heavy atom. The van der Waals surface area contributed by atoms with Crippen LogP contribution < -0.4 is 0 Å². The summed E-state index contributed by atoms with van der Waals surface area (Å²) in [6, 6.07) is 6.65. The highest BCUT2D eigenvalue weighted by Gasteiger charge is 2.45. The van der Waals surface area contributed by atoms with Crippen molar-refractivity contribution in [2.75, 3.05) is 13.1 Å². The number of benzene rings is 1. The highest BCUT2D eigenvalue weighted by molar-refractivity contribution is 7.97. The standard InChI is InChI=1S/C21H27F3N2OS/c1-2-17-12-20(8-3-4-9-20)14-26(17)28-18-6-5-15-7-10-25(13-16(15)11-18)19(27)21(22,23)24/h5-6,11,17H,2-4,7-10,12-14H2,1H3. The smallest absolute Gasteiger partial charge is 0.330 e. The topological polar surface area (TPSA) is 23.6 Å². The van der Waals surface area contributed by atoms with Crippen LogP contribution in [0.4, 0.5) is 13.2 Å². The van der Waals surface area contributed by atoms with Gasteiger partial charge >= 0.3 is 12.1 Å². The monoisotopic (exact) mass is 412 g/mol. The number of nitrogens with zero attached hydrogens (tertiary/aromatic N) is 2. The predicted octanol–water partition coefficient (Wildman–Crippen LogP) is 5.19. The number of carbonyl (C=O) groups excluding carboxylic acids is 1. The summed E-state index contributed by atoms with van der Waals surface area (Å²) in [5, 5.41) is 0. The third kappa shape index (κ3) is 3.92. The van der Waals surface area contributed by atoms with Crippen LogP contribution in [0.5, 0.6) is 0 Å². The van der Waals surface area contributed by atoms with Crippen molar-refractivity contribution in [1.29, 1.82) is 0 Å². The predicted molar refractivity (Wildman–Crippen MR) is 104 cm³/mol. The van der Waals surface area contributed by atoms with E-state index in [4.69, 9.17) is 0 Å². The lowest BCUT2D eigenvalue weighted by Crippen LogP contribution is -2.43. The second-order valence-electron chi connectivity index (χ2n) is 8.54. The third-order valence-electron chi connectivity index (χ3n) is 6.64. The van der Waals surface area contributed by atoms with Crippen LogP contribution >= 0.6 is 11.9 Å². The number of alkyl halides is 3. The summed E-state index contributed by atoms with van der Waals surface area (Å²) >= 11 is 1.74. The lowest BCUT2D eigenvalue weighted by atomic mass is 9.83. The number of halogens is 3. The molecule has 1 spiro atoms. The minimum atomic E-state index is -4.80. The average Bonchev–Trinajstić information content (AvgIpc) is 3.26. The lowest BCUT2D eigenvalue weighted by Gasteiger charge is -2.30. The Kier molecular flexibility index (Phi) is 5.42. The molecule has 0 N–H and O–H groups in total. The molecule has 154 valence electrons. The van der Waals surface area contributed by atoms with E-state index in [1.54, 1.807) is 11.9 Å². The zero-order chi connectivity index (χ0) is 19.9. The molecule has 2 heterocycles. The zero-order valence-electron chi connectivity index (χ0n) is 16.2. The van der Waals surface area contributed by atoms with E-state index >= 15 is 0 Å².